The maximum absolute atomic E-state index is 12.5. The molecule has 2 N–H and O–H groups in total. The molecule has 1 aliphatic carbocycles. The minimum Gasteiger partial charge on any atom is -0.328 e. The number of nitrogens with zero attached hydrogens (tertiary/aromatic N) is 1. The van der Waals surface area contributed by atoms with Crippen molar-refractivity contribution in [3.8, 4) is 0 Å². The van der Waals surface area contributed by atoms with Crippen LogP contribution in [0.2, 0.25) is 0 Å². The molecule has 4 nitrogen and oxygen atoms in total. The highest BCUT2D eigenvalue weighted by Gasteiger charge is 2.37. The summed E-state index contributed by atoms with van der Waals surface area (Å²) in [5.41, 5.74) is 7.19. The Labute approximate surface area is 118 Å². The second-order valence-electron chi connectivity index (χ2n) is 5.51. The standard InChI is InChI=1S/C16H18N2O2/c17-12-6-8-13(9-7-12)18-15(19)10-14(16(18)20)11-4-2-1-3-5-11/h1-5,10,12-13H,6-9,17H2. The molecular formula is C16H18N2O2. The van der Waals surface area contributed by atoms with Gasteiger partial charge in [-0.1, -0.05) is 30.3 Å². The Morgan fingerprint density at radius 1 is 1.00 bits per heavy atom. The van der Waals surface area contributed by atoms with E-state index < -0.39 is 0 Å². The third-order valence-electron chi connectivity index (χ3n) is 4.15. The van der Waals surface area contributed by atoms with Crippen molar-refractivity contribution in [1.82, 2.24) is 4.90 Å². The number of imide groups is 1. The Bertz CT molecular complexity index is 557. The van der Waals surface area contributed by atoms with Crippen LogP contribution in [0, 0.1) is 0 Å². The van der Waals surface area contributed by atoms with Gasteiger partial charge >= 0.3 is 0 Å². The van der Waals surface area contributed by atoms with Gasteiger partial charge in [0.1, 0.15) is 0 Å². The van der Waals surface area contributed by atoms with Crippen molar-refractivity contribution < 1.29 is 9.59 Å². The Hall–Kier alpha value is -1.94. The molecule has 1 heterocycles. The Balaban J connectivity index is 1.81. The van der Waals surface area contributed by atoms with E-state index in [1.807, 2.05) is 30.3 Å². The van der Waals surface area contributed by atoms with Gasteiger partial charge in [0.2, 0.25) is 0 Å². The van der Waals surface area contributed by atoms with E-state index in [0.717, 1.165) is 31.2 Å². The summed E-state index contributed by atoms with van der Waals surface area (Å²) >= 11 is 0. The smallest absolute Gasteiger partial charge is 0.261 e. The fourth-order valence-electron chi connectivity index (χ4n) is 3.01. The van der Waals surface area contributed by atoms with E-state index >= 15 is 0 Å². The van der Waals surface area contributed by atoms with Crippen LogP contribution in [-0.4, -0.2) is 28.8 Å². The van der Waals surface area contributed by atoms with Crippen LogP contribution in [0.15, 0.2) is 36.4 Å². The first-order valence-corrected chi connectivity index (χ1v) is 7.07. The van der Waals surface area contributed by atoms with E-state index in [1.54, 1.807) is 0 Å². The van der Waals surface area contributed by atoms with E-state index in [9.17, 15) is 9.59 Å². The summed E-state index contributed by atoms with van der Waals surface area (Å²) in [7, 11) is 0. The number of carbonyl (C=O) groups is 2. The lowest BCUT2D eigenvalue weighted by molar-refractivity contribution is -0.139. The highest BCUT2D eigenvalue weighted by molar-refractivity contribution is 6.33. The van der Waals surface area contributed by atoms with E-state index in [0.29, 0.717) is 5.57 Å². The molecule has 0 saturated heterocycles. The highest BCUT2D eigenvalue weighted by atomic mass is 16.2. The fraction of sp³-hybridized carbons (Fsp3) is 0.375. The van der Waals surface area contributed by atoms with Gasteiger partial charge in [-0.25, -0.2) is 0 Å². The van der Waals surface area contributed by atoms with Crippen LogP contribution in [0.4, 0.5) is 0 Å². The summed E-state index contributed by atoms with van der Waals surface area (Å²) in [5.74, 6) is -0.351. The third-order valence-corrected chi connectivity index (χ3v) is 4.15. The molecule has 0 unspecified atom stereocenters. The molecule has 1 aromatic rings. The van der Waals surface area contributed by atoms with Gasteiger partial charge in [-0.2, -0.15) is 0 Å². The zero-order chi connectivity index (χ0) is 14.1. The zero-order valence-electron chi connectivity index (χ0n) is 11.3. The average Bonchev–Trinajstić information content (AvgIpc) is 2.76. The predicted molar refractivity (Wildman–Crippen MR) is 76.5 cm³/mol. The fourth-order valence-corrected chi connectivity index (χ4v) is 3.01. The van der Waals surface area contributed by atoms with Crippen LogP contribution in [-0.2, 0) is 9.59 Å². The van der Waals surface area contributed by atoms with Crippen molar-refractivity contribution in [2.24, 2.45) is 5.73 Å². The normalized spacial score (nSPS) is 26.9. The van der Waals surface area contributed by atoms with Crippen LogP contribution in [0.3, 0.4) is 0 Å². The number of hydrogen-bond donors (Lipinski definition) is 1. The Morgan fingerprint density at radius 2 is 1.65 bits per heavy atom. The zero-order valence-corrected chi connectivity index (χ0v) is 11.3. The summed E-state index contributed by atoms with van der Waals surface area (Å²) in [4.78, 5) is 26.1. The number of nitrogens with two attached hydrogens (primary N) is 1. The van der Waals surface area contributed by atoms with Gasteiger partial charge in [-0.05, 0) is 31.2 Å². The van der Waals surface area contributed by atoms with Gasteiger partial charge in [-0.15, -0.1) is 0 Å². The summed E-state index contributed by atoms with van der Waals surface area (Å²) < 4.78 is 0. The monoisotopic (exact) mass is 270 g/mol. The number of rotatable bonds is 2. The summed E-state index contributed by atoms with van der Waals surface area (Å²) in [6, 6.07) is 9.57. The van der Waals surface area contributed by atoms with Gasteiger partial charge in [0, 0.05) is 18.2 Å². The number of hydrogen-bond acceptors (Lipinski definition) is 3. The molecule has 1 saturated carbocycles. The SMILES string of the molecule is NC1CCC(N2C(=O)C=C(c3ccccc3)C2=O)CC1. The van der Waals surface area contributed by atoms with Gasteiger partial charge < -0.3 is 5.73 Å². The van der Waals surface area contributed by atoms with E-state index in [4.69, 9.17) is 5.73 Å². The number of benzene rings is 1. The molecular weight excluding hydrogens is 252 g/mol. The maximum Gasteiger partial charge on any atom is 0.261 e. The number of carbonyl (C=O) groups excluding carboxylic acids is 2. The first-order valence-electron chi connectivity index (χ1n) is 7.07. The average molecular weight is 270 g/mol. The summed E-state index contributed by atoms with van der Waals surface area (Å²) in [5, 5.41) is 0. The summed E-state index contributed by atoms with van der Waals surface area (Å²) in [6.07, 6.45) is 4.85. The van der Waals surface area contributed by atoms with Crippen LogP contribution in [0.25, 0.3) is 5.57 Å². The molecule has 1 aromatic carbocycles. The minimum atomic E-state index is -0.186. The van der Waals surface area contributed by atoms with Crippen LogP contribution in [0.5, 0.6) is 0 Å². The molecule has 3 rings (SSSR count). The van der Waals surface area contributed by atoms with E-state index in [1.165, 1.54) is 11.0 Å². The minimum absolute atomic E-state index is 0.00672. The lowest BCUT2D eigenvalue weighted by Crippen LogP contribution is -2.44. The first kappa shape index (κ1) is 13.1. The van der Waals surface area contributed by atoms with Crippen molar-refractivity contribution in [1.29, 1.82) is 0 Å². The topological polar surface area (TPSA) is 63.4 Å². The Kier molecular flexibility index (Phi) is 3.40. The second kappa shape index (κ2) is 5.21. The van der Waals surface area contributed by atoms with Crippen LogP contribution >= 0.6 is 0 Å². The largest absolute Gasteiger partial charge is 0.328 e. The van der Waals surface area contributed by atoms with Crippen molar-refractivity contribution in [2.45, 2.75) is 37.8 Å². The van der Waals surface area contributed by atoms with Crippen molar-refractivity contribution in [3.05, 3.63) is 42.0 Å². The quantitative estimate of drug-likeness (QED) is 0.832. The summed E-state index contributed by atoms with van der Waals surface area (Å²) in [6.45, 7) is 0. The lowest BCUT2D eigenvalue weighted by Gasteiger charge is -2.32. The second-order valence-corrected chi connectivity index (χ2v) is 5.51. The van der Waals surface area contributed by atoms with Gasteiger partial charge in [0.05, 0.1) is 5.57 Å². The first-order chi connectivity index (χ1) is 9.66. The molecule has 20 heavy (non-hydrogen) atoms. The van der Waals surface area contributed by atoms with Crippen molar-refractivity contribution >= 4 is 17.4 Å². The molecule has 4 heteroatoms. The molecule has 104 valence electrons. The van der Waals surface area contributed by atoms with Gasteiger partial charge in [-0.3, -0.25) is 14.5 Å². The predicted octanol–water partition coefficient (Wildman–Crippen LogP) is 1.71. The molecule has 1 aliphatic heterocycles. The Morgan fingerprint density at radius 3 is 2.30 bits per heavy atom. The molecule has 0 atom stereocenters. The molecule has 0 bridgehead atoms. The van der Waals surface area contributed by atoms with Crippen LogP contribution in [0.1, 0.15) is 31.2 Å². The van der Waals surface area contributed by atoms with Crippen molar-refractivity contribution in [3.63, 3.8) is 0 Å². The van der Waals surface area contributed by atoms with Gasteiger partial charge in [0.25, 0.3) is 11.8 Å². The maximum atomic E-state index is 12.5. The molecule has 2 aliphatic rings. The lowest BCUT2D eigenvalue weighted by atomic mass is 9.90. The van der Waals surface area contributed by atoms with E-state index in [-0.39, 0.29) is 23.9 Å². The molecule has 0 aromatic heterocycles. The molecule has 0 spiro atoms. The van der Waals surface area contributed by atoms with Gasteiger partial charge in [0.15, 0.2) is 0 Å². The molecule has 1 fully saturated rings. The van der Waals surface area contributed by atoms with E-state index in [2.05, 4.69) is 0 Å². The van der Waals surface area contributed by atoms with Crippen LogP contribution < -0.4 is 5.73 Å². The molecule has 0 radical (unpaired) electrons. The molecule has 2 amide bonds. The third kappa shape index (κ3) is 2.27. The highest BCUT2D eigenvalue weighted by Crippen LogP contribution is 2.30. The number of amides is 2. The van der Waals surface area contributed by atoms with Crippen molar-refractivity contribution in [2.75, 3.05) is 0 Å².